The largest absolute Gasteiger partial charge is 0.344 e. The predicted molar refractivity (Wildman–Crippen MR) is 101 cm³/mol. The van der Waals surface area contributed by atoms with Crippen molar-refractivity contribution in [1.29, 1.82) is 0 Å². The van der Waals surface area contributed by atoms with E-state index in [4.69, 9.17) is 0 Å². The van der Waals surface area contributed by atoms with E-state index < -0.39 is 6.04 Å². The van der Waals surface area contributed by atoms with E-state index in [2.05, 4.69) is 20.7 Å². The summed E-state index contributed by atoms with van der Waals surface area (Å²) in [6, 6.07) is 16.7. The van der Waals surface area contributed by atoms with E-state index in [1.807, 2.05) is 61.5 Å². The topological polar surface area (TPSA) is 89.8 Å². The molecule has 7 heteroatoms. The molecule has 0 bridgehead atoms. The summed E-state index contributed by atoms with van der Waals surface area (Å²) in [5.74, 6) is 0.0347. The molecular weight excluding hydrogens is 342 g/mol. The highest BCUT2D eigenvalue weighted by Crippen LogP contribution is 2.17. The lowest BCUT2D eigenvalue weighted by molar-refractivity contribution is -0.127. The molecule has 0 radical (unpaired) electrons. The first-order valence-corrected chi connectivity index (χ1v) is 8.70. The summed E-state index contributed by atoms with van der Waals surface area (Å²) in [5.41, 5.74) is 2.88. The molecule has 1 unspecified atom stereocenters. The molecule has 1 amide bonds. The number of Topliss-reactive ketones (excluding diaryl/α,β-unsaturated/α-hetero) is 1. The Morgan fingerprint density at radius 2 is 1.78 bits per heavy atom. The highest BCUT2D eigenvalue weighted by Gasteiger charge is 2.19. The average Bonchev–Trinajstić information content (AvgIpc) is 3.10. The zero-order valence-electron chi connectivity index (χ0n) is 15.3. The third kappa shape index (κ3) is 4.84. The lowest BCUT2D eigenvalue weighted by atomic mass is 10.0. The molecule has 0 aliphatic rings. The van der Waals surface area contributed by atoms with Crippen LogP contribution in [0.15, 0.2) is 54.6 Å². The Kier molecular flexibility index (Phi) is 5.71. The second-order valence-corrected chi connectivity index (χ2v) is 6.38. The Hall–Kier alpha value is -3.35. The molecule has 2 aromatic carbocycles. The third-order valence-corrected chi connectivity index (χ3v) is 4.23. The molecule has 1 aromatic heterocycles. The predicted octanol–water partition coefficient (Wildman–Crippen LogP) is 1.97. The maximum atomic E-state index is 12.3. The molecule has 27 heavy (non-hydrogen) atoms. The van der Waals surface area contributed by atoms with Gasteiger partial charge in [-0.25, -0.2) is 0 Å². The minimum absolute atomic E-state index is 0.0978. The van der Waals surface area contributed by atoms with Gasteiger partial charge in [-0.1, -0.05) is 54.6 Å². The van der Waals surface area contributed by atoms with Crippen LogP contribution in [0.4, 0.5) is 0 Å². The van der Waals surface area contributed by atoms with Crippen molar-refractivity contribution in [2.45, 2.75) is 32.9 Å². The first kappa shape index (κ1) is 18.4. The van der Waals surface area contributed by atoms with E-state index in [1.165, 1.54) is 11.7 Å². The minimum Gasteiger partial charge on any atom is -0.344 e. The van der Waals surface area contributed by atoms with Crippen LogP contribution >= 0.6 is 0 Å². The lowest BCUT2D eigenvalue weighted by Gasteiger charge is -2.15. The summed E-state index contributed by atoms with van der Waals surface area (Å²) in [5, 5.41) is 15.0. The molecule has 3 rings (SSSR count). The van der Waals surface area contributed by atoms with E-state index in [1.54, 1.807) is 0 Å². The number of hydrogen-bond donors (Lipinski definition) is 1. The highest BCUT2D eigenvalue weighted by atomic mass is 16.2. The summed E-state index contributed by atoms with van der Waals surface area (Å²) < 4.78 is 0. The average molecular weight is 363 g/mol. The molecule has 0 saturated carbocycles. The molecular formula is C20H21N5O2. The van der Waals surface area contributed by atoms with Gasteiger partial charge in [0.2, 0.25) is 11.7 Å². The zero-order valence-corrected chi connectivity index (χ0v) is 15.3. The molecule has 1 atom stereocenters. The van der Waals surface area contributed by atoms with Crippen LogP contribution in [0, 0.1) is 6.92 Å². The Labute approximate surface area is 157 Å². The first-order valence-electron chi connectivity index (χ1n) is 8.70. The number of carbonyl (C=O) groups is 2. The van der Waals surface area contributed by atoms with Gasteiger partial charge in [0.25, 0.3) is 0 Å². The van der Waals surface area contributed by atoms with Gasteiger partial charge in [0.15, 0.2) is 5.78 Å². The molecule has 7 nitrogen and oxygen atoms in total. The summed E-state index contributed by atoms with van der Waals surface area (Å²) in [6.45, 7) is 3.33. The Morgan fingerprint density at radius 1 is 1.07 bits per heavy atom. The van der Waals surface area contributed by atoms with Gasteiger partial charge >= 0.3 is 0 Å². The number of rotatable bonds is 7. The number of hydrogen-bond acceptors (Lipinski definition) is 5. The number of nitrogens with zero attached hydrogens (tertiary/aromatic N) is 4. The first-order chi connectivity index (χ1) is 13.0. The highest BCUT2D eigenvalue weighted by molar-refractivity contribution is 5.87. The van der Waals surface area contributed by atoms with Gasteiger partial charge in [-0.2, -0.15) is 4.80 Å². The summed E-state index contributed by atoms with van der Waals surface area (Å²) >= 11 is 0. The monoisotopic (exact) mass is 363 g/mol. The van der Waals surface area contributed by atoms with Crippen LogP contribution in [0.2, 0.25) is 0 Å². The molecule has 0 fully saturated rings. The van der Waals surface area contributed by atoms with Crippen molar-refractivity contribution >= 4 is 11.7 Å². The Balaban J connectivity index is 1.64. The fraction of sp³-hybridized carbons (Fsp3) is 0.250. The number of aryl methyl sites for hydroxylation is 1. The van der Waals surface area contributed by atoms with Gasteiger partial charge in [0, 0.05) is 5.56 Å². The number of benzene rings is 2. The van der Waals surface area contributed by atoms with Gasteiger partial charge in [-0.05, 0) is 36.6 Å². The number of aromatic nitrogens is 4. The normalized spacial score (nSPS) is 11.8. The van der Waals surface area contributed by atoms with Crippen molar-refractivity contribution in [3.8, 4) is 11.4 Å². The maximum Gasteiger partial charge on any atom is 0.244 e. The van der Waals surface area contributed by atoms with Crippen LogP contribution in [0.1, 0.15) is 18.1 Å². The lowest BCUT2D eigenvalue weighted by Crippen LogP contribution is -2.43. The summed E-state index contributed by atoms with van der Waals surface area (Å²) in [7, 11) is 0. The van der Waals surface area contributed by atoms with E-state index >= 15 is 0 Å². The smallest absolute Gasteiger partial charge is 0.244 e. The number of amides is 1. The number of tetrazole rings is 1. The van der Waals surface area contributed by atoms with E-state index in [0.717, 1.165) is 16.7 Å². The van der Waals surface area contributed by atoms with Crippen LogP contribution < -0.4 is 5.32 Å². The van der Waals surface area contributed by atoms with Crippen molar-refractivity contribution in [2.75, 3.05) is 0 Å². The fourth-order valence-corrected chi connectivity index (χ4v) is 2.76. The quantitative estimate of drug-likeness (QED) is 0.693. The van der Waals surface area contributed by atoms with E-state index in [0.29, 0.717) is 12.2 Å². The standard InChI is InChI=1S/C20H21N5O2/c1-14-8-6-7-11-17(14)20-22-24-25(23-20)13-19(27)21-18(15(2)26)12-16-9-4-3-5-10-16/h3-11,18H,12-13H2,1-2H3,(H,21,27). The van der Waals surface area contributed by atoms with Crippen LogP contribution in [0.3, 0.4) is 0 Å². The number of carbonyl (C=O) groups excluding carboxylic acids is 2. The van der Waals surface area contributed by atoms with Crippen molar-refractivity contribution in [3.05, 3.63) is 65.7 Å². The van der Waals surface area contributed by atoms with Gasteiger partial charge in [0.1, 0.15) is 6.54 Å². The van der Waals surface area contributed by atoms with Crippen LogP contribution in [0.5, 0.6) is 0 Å². The zero-order chi connectivity index (χ0) is 19.2. The number of nitrogens with one attached hydrogen (secondary N) is 1. The van der Waals surface area contributed by atoms with Gasteiger partial charge in [-0.15, -0.1) is 10.2 Å². The van der Waals surface area contributed by atoms with Crippen LogP contribution in [0.25, 0.3) is 11.4 Å². The SMILES string of the molecule is CC(=O)C(Cc1ccccc1)NC(=O)Cn1nnc(-c2ccccc2C)n1. The molecule has 0 saturated heterocycles. The summed E-state index contributed by atoms with van der Waals surface area (Å²) in [4.78, 5) is 25.5. The van der Waals surface area contributed by atoms with Crippen molar-refractivity contribution in [3.63, 3.8) is 0 Å². The van der Waals surface area contributed by atoms with Crippen molar-refractivity contribution in [2.24, 2.45) is 0 Å². The Bertz CT molecular complexity index is 936. The molecule has 0 aliphatic heterocycles. The molecule has 3 aromatic rings. The third-order valence-electron chi connectivity index (χ3n) is 4.23. The maximum absolute atomic E-state index is 12.3. The van der Waals surface area contributed by atoms with Crippen LogP contribution in [-0.4, -0.2) is 37.9 Å². The number of ketones is 1. The van der Waals surface area contributed by atoms with E-state index in [9.17, 15) is 9.59 Å². The minimum atomic E-state index is -0.584. The fourth-order valence-electron chi connectivity index (χ4n) is 2.76. The van der Waals surface area contributed by atoms with E-state index in [-0.39, 0.29) is 18.2 Å². The van der Waals surface area contributed by atoms with Crippen molar-refractivity contribution < 1.29 is 9.59 Å². The molecule has 1 N–H and O–H groups in total. The van der Waals surface area contributed by atoms with Gasteiger partial charge in [-0.3, -0.25) is 9.59 Å². The molecule has 138 valence electrons. The molecule has 1 heterocycles. The van der Waals surface area contributed by atoms with Crippen molar-refractivity contribution in [1.82, 2.24) is 25.5 Å². The second kappa shape index (κ2) is 8.35. The Morgan fingerprint density at radius 3 is 2.48 bits per heavy atom. The van der Waals surface area contributed by atoms with Gasteiger partial charge < -0.3 is 5.32 Å². The molecule has 0 aliphatic carbocycles. The summed E-state index contributed by atoms with van der Waals surface area (Å²) in [6.07, 6.45) is 0.446. The molecule has 0 spiro atoms. The van der Waals surface area contributed by atoms with Crippen LogP contribution in [-0.2, 0) is 22.6 Å². The van der Waals surface area contributed by atoms with Gasteiger partial charge in [0.05, 0.1) is 6.04 Å². The second-order valence-electron chi connectivity index (χ2n) is 6.38.